The molecule has 0 aliphatic heterocycles. The molecule has 0 fully saturated rings. The molecule has 3 rings (SSSR count). The van der Waals surface area contributed by atoms with Crippen LogP contribution in [0.1, 0.15) is 0 Å². The van der Waals surface area contributed by atoms with Crippen LogP contribution in [0.5, 0.6) is 17.2 Å². The number of fused-ring (bicyclic) bond motifs is 1. The third-order valence-corrected chi connectivity index (χ3v) is 2.69. The Hall–Kier alpha value is -2.75. The first-order valence-electron chi connectivity index (χ1n) is 5.72. The van der Waals surface area contributed by atoms with Crippen LogP contribution in [-0.2, 0) is 0 Å². The van der Waals surface area contributed by atoms with Crippen LogP contribution in [0.25, 0.3) is 11.0 Å². The molecule has 0 amide bonds. The van der Waals surface area contributed by atoms with Crippen molar-refractivity contribution < 1.29 is 14.3 Å². The van der Waals surface area contributed by atoms with Crippen molar-refractivity contribution in [1.29, 1.82) is 0 Å². The molecule has 4 heteroatoms. The van der Waals surface area contributed by atoms with Gasteiger partial charge in [-0.15, -0.1) is 0 Å². The molecule has 0 radical (unpaired) electrons. The Bertz CT molecular complexity index is 789. The van der Waals surface area contributed by atoms with Gasteiger partial charge in [-0.3, -0.25) is 0 Å². The fraction of sp³-hybridized carbons (Fsp3) is 0. The highest BCUT2D eigenvalue weighted by atomic mass is 16.5. The first-order valence-corrected chi connectivity index (χ1v) is 5.72. The van der Waals surface area contributed by atoms with E-state index in [0.717, 1.165) is 5.39 Å². The van der Waals surface area contributed by atoms with Gasteiger partial charge in [-0.05, 0) is 30.3 Å². The molecule has 4 nitrogen and oxygen atoms in total. The topological polar surface area (TPSA) is 59.7 Å². The van der Waals surface area contributed by atoms with E-state index in [0.29, 0.717) is 17.1 Å². The van der Waals surface area contributed by atoms with Gasteiger partial charge in [0.05, 0.1) is 0 Å². The van der Waals surface area contributed by atoms with Crippen LogP contribution in [0.4, 0.5) is 0 Å². The van der Waals surface area contributed by atoms with Crippen LogP contribution in [0.3, 0.4) is 0 Å². The standard InChI is InChI=1S/C15H10O4/c16-12-3-1-2-4-13(12)18-11-7-5-10-6-8-15(17)19-14(10)9-11/h1-9,16H. The van der Waals surface area contributed by atoms with Gasteiger partial charge in [-0.25, -0.2) is 4.79 Å². The van der Waals surface area contributed by atoms with Crippen LogP contribution in [0, 0.1) is 0 Å². The summed E-state index contributed by atoms with van der Waals surface area (Å²) in [5.41, 5.74) is 0.0348. The van der Waals surface area contributed by atoms with Gasteiger partial charge in [0, 0.05) is 17.5 Å². The fourth-order valence-corrected chi connectivity index (χ4v) is 1.77. The molecule has 0 atom stereocenters. The van der Waals surface area contributed by atoms with Crippen molar-refractivity contribution >= 4 is 11.0 Å². The Morgan fingerprint density at radius 3 is 2.63 bits per heavy atom. The summed E-state index contributed by atoms with van der Waals surface area (Å²) in [5.74, 6) is 0.889. The first kappa shape index (κ1) is 11.3. The van der Waals surface area contributed by atoms with Gasteiger partial charge in [-0.1, -0.05) is 12.1 Å². The summed E-state index contributed by atoms with van der Waals surface area (Å²) < 4.78 is 10.6. The number of aromatic hydroxyl groups is 1. The molecule has 2 aromatic carbocycles. The second-order valence-corrected chi connectivity index (χ2v) is 4.02. The van der Waals surface area contributed by atoms with Crippen LogP contribution in [0.2, 0.25) is 0 Å². The van der Waals surface area contributed by atoms with E-state index in [2.05, 4.69) is 0 Å². The molecule has 0 bridgehead atoms. The van der Waals surface area contributed by atoms with Crippen LogP contribution >= 0.6 is 0 Å². The molecule has 94 valence electrons. The monoisotopic (exact) mass is 254 g/mol. The lowest BCUT2D eigenvalue weighted by Crippen LogP contribution is -1.94. The summed E-state index contributed by atoms with van der Waals surface area (Å²) in [4.78, 5) is 11.2. The van der Waals surface area contributed by atoms with E-state index in [1.807, 2.05) is 0 Å². The number of hydrogen-bond acceptors (Lipinski definition) is 4. The van der Waals surface area contributed by atoms with E-state index in [1.54, 1.807) is 42.5 Å². The Balaban J connectivity index is 2.02. The molecule has 0 saturated heterocycles. The number of rotatable bonds is 2. The summed E-state index contributed by atoms with van der Waals surface area (Å²) in [7, 11) is 0. The highest BCUT2D eigenvalue weighted by molar-refractivity contribution is 5.77. The number of phenolic OH excluding ortho intramolecular Hbond substituents is 1. The zero-order valence-corrected chi connectivity index (χ0v) is 9.87. The summed E-state index contributed by atoms with van der Waals surface area (Å²) in [5, 5.41) is 10.4. The van der Waals surface area contributed by atoms with Gasteiger partial charge in [0.1, 0.15) is 11.3 Å². The molecule has 3 aromatic rings. The lowest BCUT2D eigenvalue weighted by atomic mass is 10.2. The molecule has 0 aliphatic rings. The van der Waals surface area contributed by atoms with Crippen molar-refractivity contribution in [2.45, 2.75) is 0 Å². The number of phenols is 1. The minimum Gasteiger partial charge on any atom is -0.504 e. The summed E-state index contributed by atoms with van der Waals surface area (Å²) in [6.07, 6.45) is 0. The predicted octanol–water partition coefficient (Wildman–Crippen LogP) is 3.29. The summed E-state index contributed by atoms with van der Waals surface area (Å²) in [6, 6.07) is 14.9. The first-order chi connectivity index (χ1) is 9.22. The van der Waals surface area contributed by atoms with Gasteiger partial charge in [0.15, 0.2) is 11.5 Å². The average Bonchev–Trinajstić information content (AvgIpc) is 2.41. The molecule has 0 spiro atoms. The Labute approximate surface area is 108 Å². The molecule has 1 heterocycles. The smallest absolute Gasteiger partial charge is 0.336 e. The minimum atomic E-state index is -0.410. The third kappa shape index (κ3) is 2.28. The SMILES string of the molecule is O=c1ccc2ccc(Oc3ccccc3O)cc2o1. The minimum absolute atomic E-state index is 0.0529. The Morgan fingerprint density at radius 1 is 1.00 bits per heavy atom. The van der Waals surface area contributed by atoms with E-state index in [1.165, 1.54) is 12.1 Å². The van der Waals surface area contributed by atoms with Crippen molar-refractivity contribution in [1.82, 2.24) is 0 Å². The Morgan fingerprint density at radius 2 is 1.79 bits per heavy atom. The molecule has 0 aliphatic carbocycles. The summed E-state index contributed by atoms with van der Waals surface area (Å²) in [6.45, 7) is 0. The number of benzene rings is 2. The maximum absolute atomic E-state index is 11.2. The molecule has 1 aromatic heterocycles. The van der Waals surface area contributed by atoms with Crippen LogP contribution in [0.15, 0.2) is 63.8 Å². The molecule has 19 heavy (non-hydrogen) atoms. The van der Waals surface area contributed by atoms with Crippen molar-refractivity contribution in [2.75, 3.05) is 0 Å². The molecule has 1 N–H and O–H groups in total. The van der Waals surface area contributed by atoms with E-state index < -0.39 is 5.63 Å². The maximum Gasteiger partial charge on any atom is 0.336 e. The van der Waals surface area contributed by atoms with Crippen molar-refractivity contribution in [2.24, 2.45) is 0 Å². The quantitative estimate of drug-likeness (QED) is 0.713. The van der Waals surface area contributed by atoms with Gasteiger partial charge in [-0.2, -0.15) is 0 Å². The van der Waals surface area contributed by atoms with Crippen molar-refractivity contribution in [3.63, 3.8) is 0 Å². The summed E-state index contributed by atoms with van der Waals surface area (Å²) >= 11 is 0. The van der Waals surface area contributed by atoms with Crippen LogP contribution < -0.4 is 10.4 Å². The normalized spacial score (nSPS) is 10.5. The second-order valence-electron chi connectivity index (χ2n) is 4.02. The second kappa shape index (κ2) is 4.49. The van der Waals surface area contributed by atoms with Gasteiger partial charge in [0.2, 0.25) is 0 Å². The molecule has 0 unspecified atom stereocenters. The average molecular weight is 254 g/mol. The third-order valence-electron chi connectivity index (χ3n) is 2.69. The van der Waals surface area contributed by atoms with Crippen LogP contribution in [-0.4, -0.2) is 5.11 Å². The highest BCUT2D eigenvalue weighted by Crippen LogP contribution is 2.31. The lowest BCUT2D eigenvalue weighted by molar-refractivity contribution is 0.411. The maximum atomic E-state index is 11.2. The van der Waals surface area contributed by atoms with E-state index in [4.69, 9.17) is 9.15 Å². The van der Waals surface area contributed by atoms with Gasteiger partial charge in [0.25, 0.3) is 0 Å². The molecular weight excluding hydrogens is 244 g/mol. The zero-order chi connectivity index (χ0) is 13.2. The van der Waals surface area contributed by atoms with E-state index in [9.17, 15) is 9.90 Å². The fourth-order valence-electron chi connectivity index (χ4n) is 1.77. The van der Waals surface area contributed by atoms with Gasteiger partial charge < -0.3 is 14.3 Å². The Kier molecular flexibility index (Phi) is 2.68. The highest BCUT2D eigenvalue weighted by Gasteiger charge is 2.04. The van der Waals surface area contributed by atoms with E-state index >= 15 is 0 Å². The van der Waals surface area contributed by atoms with Crippen molar-refractivity contribution in [3.05, 3.63) is 65.0 Å². The zero-order valence-electron chi connectivity index (χ0n) is 9.87. The van der Waals surface area contributed by atoms with Crippen molar-refractivity contribution in [3.8, 4) is 17.2 Å². The number of ether oxygens (including phenoxy) is 1. The largest absolute Gasteiger partial charge is 0.504 e. The number of hydrogen-bond donors (Lipinski definition) is 1. The van der Waals surface area contributed by atoms with Gasteiger partial charge >= 0.3 is 5.63 Å². The molecular formula is C15H10O4. The molecule has 0 saturated carbocycles. The van der Waals surface area contributed by atoms with E-state index in [-0.39, 0.29) is 5.75 Å². The number of para-hydroxylation sites is 2. The lowest BCUT2D eigenvalue weighted by Gasteiger charge is -2.07. The predicted molar refractivity (Wildman–Crippen MR) is 70.7 cm³/mol.